The molecule has 3 aliphatic rings. The first-order chi connectivity index (χ1) is 9.54. The standard InChI is InChI=1S/C17H27NOS/c1-5-19-15-6-7-20-16(15)10-18-14-9-12-8-13(11(14)2)17(12,3)4/h6-7,11-14,18H,5,8-10H2,1-4H3/t11-,12-,13+,14-/m1/s1. The van der Waals surface area contributed by atoms with Gasteiger partial charge in [0.15, 0.2) is 0 Å². The zero-order valence-corrected chi connectivity index (χ0v) is 13.9. The highest BCUT2D eigenvalue weighted by atomic mass is 32.1. The smallest absolute Gasteiger partial charge is 0.134 e. The third-order valence-electron chi connectivity index (χ3n) is 5.88. The van der Waals surface area contributed by atoms with Gasteiger partial charge in [-0.2, -0.15) is 0 Å². The average Bonchev–Trinajstić information content (AvgIpc) is 2.85. The van der Waals surface area contributed by atoms with Gasteiger partial charge >= 0.3 is 0 Å². The Labute approximate surface area is 126 Å². The summed E-state index contributed by atoms with van der Waals surface area (Å²) in [6.45, 7) is 11.1. The maximum Gasteiger partial charge on any atom is 0.134 e. The molecule has 3 aliphatic carbocycles. The van der Waals surface area contributed by atoms with Gasteiger partial charge in [0, 0.05) is 12.6 Å². The number of ether oxygens (including phenoxy) is 1. The molecule has 3 heteroatoms. The Morgan fingerprint density at radius 1 is 1.40 bits per heavy atom. The van der Waals surface area contributed by atoms with Gasteiger partial charge in [-0.25, -0.2) is 0 Å². The fraction of sp³-hybridized carbons (Fsp3) is 0.765. The van der Waals surface area contributed by atoms with Gasteiger partial charge in [0.2, 0.25) is 0 Å². The fourth-order valence-electron chi connectivity index (χ4n) is 4.38. The van der Waals surface area contributed by atoms with Crippen LogP contribution in [0, 0.1) is 23.2 Å². The summed E-state index contributed by atoms with van der Waals surface area (Å²) in [5.41, 5.74) is 0.580. The van der Waals surface area contributed by atoms with E-state index in [9.17, 15) is 0 Å². The van der Waals surface area contributed by atoms with Crippen LogP contribution in [0.5, 0.6) is 5.75 Å². The van der Waals surface area contributed by atoms with Crippen LogP contribution in [-0.2, 0) is 6.54 Å². The number of thiophene rings is 1. The van der Waals surface area contributed by atoms with Crippen LogP contribution in [-0.4, -0.2) is 12.6 Å². The molecular weight excluding hydrogens is 266 g/mol. The first-order valence-electron chi connectivity index (χ1n) is 7.96. The van der Waals surface area contributed by atoms with Gasteiger partial charge in [0.25, 0.3) is 0 Å². The van der Waals surface area contributed by atoms with Crippen LogP contribution in [0.2, 0.25) is 0 Å². The van der Waals surface area contributed by atoms with Gasteiger partial charge in [-0.3, -0.25) is 0 Å². The first-order valence-corrected chi connectivity index (χ1v) is 8.84. The molecule has 1 heterocycles. The number of hydrogen-bond acceptors (Lipinski definition) is 3. The molecule has 0 saturated heterocycles. The second-order valence-corrected chi connectivity index (χ2v) is 8.08. The SMILES string of the molecule is CCOc1ccsc1CN[C@@H]1C[C@H]2C[C@@H]([C@H]1C)C2(C)C. The van der Waals surface area contributed by atoms with Crippen LogP contribution in [0.15, 0.2) is 11.4 Å². The average molecular weight is 293 g/mol. The van der Waals surface area contributed by atoms with Gasteiger partial charge in [0.05, 0.1) is 11.5 Å². The van der Waals surface area contributed by atoms with Crippen molar-refractivity contribution in [3.8, 4) is 5.75 Å². The van der Waals surface area contributed by atoms with Crippen molar-refractivity contribution in [2.24, 2.45) is 23.2 Å². The molecule has 0 spiro atoms. The maximum absolute atomic E-state index is 5.68. The lowest BCUT2D eigenvalue weighted by atomic mass is 9.45. The van der Waals surface area contributed by atoms with E-state index in [1.807, 2.05) is 6.92 Å². The van der Waals surface area contributed by atoms with Crippen LogP contribution < -0.4 is 10.1 Å². The number of rotatable bonds is 5. The quantitative estimate of drug-likeness (QED) is 0.873. The molecule has 0 radical (unpaired) electrons. The van der Waals surface area contributed by atoms with Crippen molar-refractivity contribution in [3.05, 3.63) is 16.3 Å². The molecule has 0 aromatic carbocycles. The molecule has 0 amide bonds. The fourth-order valence-corrected chi connectivity index (χ4v) is 5.15. The molecule has 0 unspecified atom stereocenters. The third-order valence-corrected chi connectivity index (χ3v) is 6.79. The van der Waals surface area contributed by atoms with Gasteiger partial charge in [-0.05, 0) is 54.4 Å². The summed E-state index contributed by atoms with van der Waals surface area (Å²) < 4.78 is 5.68. The molecular formula is C17H27NOS. The molecule has 4 rings (SSSR count). The topological polar surface area (TPSA) is 21.3 Å². The minimum absolute atomic E-state index is 0.580. The molecule has 0 aliphatic heterocycles. The predicted octanol–water partition coefficient (Wildman–Crippen LogP) is 4.31. The van der Waals surface area contributed by atoms with Crippen LogP contribution in [0.4, 0.5) is 0 Å². The van der Waals surface area contributed by atoms with Crippen molar-refractivity contribution in [2.75, 3.05) is 6.61 Å². The Morgan fingerprint density at radius 3 is 2.85 bits per heavy atom. The van der Waals surface area contributed by atoms with E-state index in [0.717, 1.165) is 36.7 Å². The zero-order chi connectivity index (χ0) is 14.3. The van der Waals surface area contributed by atoms with E-state index >= 15 is 0 Å². The minimum atomic E-state index is 0.580. The molecule has 1 aromatic rings. The highest BCUT2D eigenvalue weighted by Gasteiger charge is 2.55. The largest absolute Gasteiger partial charge is 0.493 e. The summed E-state index contributed by atoms with van der Waals surface area (Å²) in [5, 5.41) is 5.93. The van der Waals surface area contributed by atoms with Crippen LogP contribution in [0.25, 0.3) is 0 Å². The normalized spacial score (nSPS) is 34.6. The van der Waals surface area contributed by atoms with Crippen LogP contribution >= 0.6 is 11.3 Å². The van der Waals surface area contributed by atoms with E-state index in [-0.39, 0.29) is 0 Å². The Morgan fingerprint density at radius 2 is 2.20 bits per heavy atom. The summed E-state index contributed by atoms with van der Waals surface area (Å²) in [6, 6.07) is 2.78. The van der Waals surface area contributed by atoms with E-state index in [2.05, 4.69) is 37.5 Å². The summed E-state index contributed by atoms with van der Waals surface area (Å²) in [4.78, 5) is 1.34. The molecule has 112 valence electrons. The second kappa shape index (κ2) is 5.34. The van der Waals surface area contributed by atoms with E-state index in [4.69, 9.17) is 4.74 Å². The van der Waals surface area contributed by atoms with E-state index in [0.29, 0.717) is 11.5 Å². The molecule has 1 aromatic heterocycles. The number of fused-ring (bicyclic) bond motifs is 2. The Balaban J connectivity index is 1.58. The van der Waals surface area contributed by atoms with E-state index in [1.165, 1.54) is 17.7 Å². The van der Waals surface area contributed by atoms with Crippen molar-refractivity contribution in [2.45, 2.75) is 53.1 Å². The van der Waals surface area contributed by atoms with Crippen molar-refractivity contribution in [1.29, 1.82) is 0 Å². The summed E-state index contributed by atoms with van der Waals surface area (Å²) in [7, 11) is 0. The molecule has 2 bridgehead atoms. The Hall–Kier alpha value is -0.540. The van der Waals surface area contributed by atoms with Gasteiger partial charge < -0.3 is 10.1 Å². The van der Waals surface area contributed by atoms with Crippen LogP contribution in [0.3, 0.4) is 0 Å². The summed E-state index contributed by atoms with van der Waals surface area (Å²) >= 11 is 1.80. The molecule has 2 nitrogen and oxygen atoms in total. The van der Waals surface area contributed by atoms with Crippen molar-refractivity contribution >= 4 is 11.3 Å². The van der Waals surface area contributed by atoms with Gasteiger partial charge in [0.1, 0.15) is 5.75 Å². The third kappa shape index (κ3) is 2.29. The molecule has 3 fully saturated rings. The van der Waals surface area contributed by atoms with E-state index < -0.39 is 0 Å². The van der Waals surface area contributed by atoms with Gasteiger partial charge in [-0.1, -0.05) is 20.8 Å². The molecule has 20 heavy (non-hydrogen) atoms. The Bertz CT molecular complexity index is 467. The van der Waals surface area contributed by atoms with Crippen molar-refractivity contribution < 1.29 is 4.74 Å². The number of nitrogens with one attached hydrogen (secondary N) is 1. The lowest BCUT2D eigenvalue weighted by Crippen LogP contribution is -2.59. The Kier molecular flexibility index (Phi) is 3.85. The lowest BCUT2D eigenvalue weighted by Gasteiger charge is -2.62. The monoisotopic (exact) mass is 293 g/mol. The van der Waals surface area contributed by atoms with Crippen LogP contribution in [0.1, 0.15) is 45.4 Å². The highest BCUT2D eigenvalue weighted by Crippen LogP contribution is 2.61. The molecule has 1 N–H and O–H groups in total. The van der Waals surface area contributed by atoms with Crippen molar-refractivity contribution in [1.82, 2.24) is 5.32 Å². The predicted molar refractivity (Wildman–Crippen MR) is 85.3 cm³/mol. The molecule has 3 saturated carbocycles. The highest BCUT2D eigenvalue weighted by molar-refractivity contribution is 7.10. The maximum atomic E-state index is 5.68. The second-order valence-electron chi connectivity index (χ2n) is 7.08. The zero-order valence-electron chi connectivity index (χ0n) is 13.1. The van der Waals surface area contributed by atoms with E-state index in [1.54, 1.807) is 11.3 Å². The van der Waals surface area contributed by atoms with Gasteiger partial charge in [-0.15, -0.1) is 11.3 Å². The first kappa shape index (κ1) is 14.4. The summed E-state index contributed by atoms with van der Waals surface area (Å²) in [5.74, 6) is 3.70. The summed E-state index contributed by atoms with van der Waals surface area (Å²) in [6.07, 6.45) is 2.80. The molecule has 4 atom stereocenters. The van der Waals surface area contributed by atoms with Crippen molar-refractivity contribution in [3.63, 3.8) is 0 Å². The lowest BCUT2D eigenvalue weighted by molar-refractivity contribution is -0.115. The minimum Gasteiger partial charge on any atom is -0.493 e. The number of hydrogen-bond donors (Lipinski definition) is 1.